The third-order valence-corrected chi connectivity index (χ3v) is 5.86. The molecule has 0 saturated carbocycles. The summed E-state index contributed by atoms with van der Waals surface area (Å²) in [5, 5.41) is 10.8. The number of carbonyl (C=O) groups is 1. The second-order valence-electron chi connectivity index (χ2n) is 5.17. The van der Waals surface area contributed by atoms with Crippen LogP contribution in [-0.4, -0.2) is 29.1 Å². The van der Waals surface area contributed by atoms with Crippen LogP contribution in [0.2, 0.25) is 0 Å². The molecule has 1 N–H and O–H groups in total. The van der Waals surface area contributed by atoms with E-state index in [9.17, 15) is 26.7 Å². The van der Waals surface area contributed by atoms with Gasteiger partial charge in [0, 0.05) is 11.9 Å². The minimum Gasteiger partial charge on any atom is -0.545 e. The van der Waals surface area contributed by atoms with Crippen LogP contribution in [0, 0.1) is 6.92 Å². The highest BCUT2D eigenvalue weighted by molar-refractivity contribution is 7.93. The summed E-state index contributed by atoms with van der Waals surface area (Å²) in [7, 11) is -7.67. The number of carboxylic acid groups (broad SMARTS) is 1. The number of nitrogens with one attached hydrogen (secondary N) is 1. The van der Waals surface area contributed by atoms with Crippen molar-refractivity contribution in [3.63, 3.8) is 0 Å². The summed E-state index contributed by atoms with van der Waals surface area (Å²) in [4.78, 5) is 10.5. The lowest BCUT2D eigenvalue weighted by molar-refractivity contribution is -0.255. The van der Waals surface area contributed by atoms with Gasteiger partial charge in [-0.3, -0.25) is 4.72 Å². The van der Waals surface area contributed by atoms with E-state index in [0.717, 1.165) is 18.4 Å². The van der Waals surface area contributed by atoms with E-state index in [1.54, 1.807) is 0 Å². The standard InChI is InChI=1S/C15H15NO6S2/c1-10-6-7-13(23(2,19)20)9-14(10)24(21,22)16-12-5-3-4-11(8-12)15(17)18/h3-9,16H,1-2H3,(H,17,18)/p-1. The van der Waals surface area contributed by atoms with E-state index in [-0.39, 0.29) is 21.0 Å². The van der Waals surface area contributed by atoms with Crippen molar-refractivity contribution in [3.8, 4) is 0 Å². The SMILES string of the molecule is Cc1ccc(S(C)(=O)=O)cc1S(=O)(=O)Nc1cccc(C(=O)[O-])c1. The maximum atomic E-state index is 12.5. The molecule has 128 valence electrons. The van der Waals surface area contributed by atoms with Crippen molar-refractivity contribution in [3.05, 3.63) is 53.6 Å². The van der Waals surface area contributed by atoms with Crippen LogP contribution in [0.3, 0.4) is 0 Å². The summed E-state index contributed by atoms with van der Waals surface area (Å²) in [6, 6.07) is 8.90. The van der Waals surface area contributed by atoms with Crippen LogP contribution in [0.25, 0.3) is 0 Å². The predicted octanol–water partition coefficient (Wildman–Crippen LogP) is 0.563. The van der Waals surface area contributed by atoms with Gasteiger partial charge >= 0.3 is 0 Å². The topological polar surface area (TPSA) is 120 Å². The van der Waals surface area contributed by atoms with Gasteiger partial charge in [0.2, 0.25) is 0 Å². The normalized spacial score (nSPS) is 11.9. The zero-order valence-electron chi connectivity index (χ0n) is 12.8. The molecule has 0 radical (unpaired) electrons. The molecule has 0 atom stereocenters. The zero-order valence-corrected chi connectivity index (χ0v) is 14.4. The number of carboxylic acids is 1. The van der Waals surface area contributed by atoms with Crippen LogP contribution in [-0.2, 0) is 19.9 Å². The second-order valence-corrected chi connectivity index (χ2v) is 8.84. The minimum atomic E-state index is -4.10. The monoisotopic (exact) mass is 368 g/mol. The lowest BCUT2D eigenvalue weighted by atomic mass is 10.2. The quantitative estimate of drug-likeness (QED) is 0.823. The fourth-order valence-electron chi connectivity index (χ4n) is 2.02. The third-order valence-electron chi connectivity index (χ3n) is 3.23. The second kappa shape index (κ2) is 6.25. The van der Waals surface area contributed by atoms with Crippen molar-refractivity contribution >= 4 is 31.5 Å². The highest BCUT2D eigenvalue weighted by atomic mass is 32.2. The van der Waals surface area contributed by atoms with Gasteiger partial charge < -0.3 is 9.90 Å². The summed E-state index contributed by atoms with van der Waals surface area (Å²) in [5.74, 6) is -1.44. The molecule has 0 aliphatic rings. The summed E-state index contributed by atoms with van der Waals surface area (Å²) in [6.07, 6.45) is 0.977. The number of aryl methyl sites for hydroxylation is 1. The predicted molar refractivity (Wildman–Crippen MR) is 85.9 cm³/mol. The van der Waals surface area contributed by atoms with Gasteiger partial charge in [-0.1, -0.05) is 18.2 Å². The van der Waals surface area contributed by atoms with E-state index in [0.29, 0.717) is 5.56 Å². The number of sulfone groups is 1. The smallest absolute Gasteiger partial charge is 0.262 e. The van der Waals surface area contributed by atoms with Crippen molar-refractivity contribution in [1.82, 2.24) is 0 Å². The molecule has 2 aromatic carbocycles. The van der Waals surface area contributed by atoms with Crippen molar-refractivity contribution in [2.24, 2.45) is 0 Å². The van der Waals surface area contributed by atoms with E-state index in [1.807, 2.05) is 0 Å². The number of hydrogen-bond donors (Lipinski definition) is 1. The maximum absolute atomic E-state index is 12.5. The number of hydrogen-bond acceptors (Lipinski definition) is 6. The number of benzene rings is 2. The van der Waals surface area contributed by atoms with Gasteiger partial charge in [0.25, 0.3) is 10.0 Å². The van der Waals surface area contributed by atoms with Gasteiger partial charge in [-0.25, -0.2) is 16.8 Å². The van der Waals surface area contributed by atoms with E-state index in [2.05, 4.69) is 4.72 Å². The van der Waals surface area contributed by atoms with Crippen molar-refractivity contribution in [2.45, 2.75) is 16.7 Å². The number of carbonyl (C=O) groups excluding carboxylic acids is 1. The maximum Gasteiger partial charge on any atom is 0.262 e. The van der Waals surface area contributed by atoms with Gasteiger partial charge in [-0.15, -0.1) is 0 Å². The highest BCUT2D eigenvalue weighted by Crippen LogP contribution is 2.23. The molecule has 0 fully saturated rings. The molecule has 0 aliphatic heterocycles. The Kier molecular flexibility index (Phi) is 4.68. The summed E-state index contributed by atoms with van der Waals surface area (Å²) >= 11 is 0. The summed E-state index contributed by atoms with van der Waals surface area (Å²) in [6.45, 7) is 1.53. The van der Waals surface area contributed by atoms with Gasteiger partial charge in [0.05, 0.1) is 15.8 Å². The van der Waals surface area contributed by atoms with Gasteiger partial charge in [0.15, 0.2) is 9.84 Å². The van der Waals surface area contributed by atoms with Crippen molar-refractivity contribution in [1.29, 1.82) is 0 Å². The Bertz CT molecular complexity index is 1010. The Morgan fingerprint density at radius 1 is 1.04 bits per heavy atom. The lowest BCUT2D eigenvalue weighted by Crippen LogP contribution is -2.22. The number of aromatic carboxylic acids is 1. The molecular formula is C15H14NO6S2-. The average Bonchev–Trinajstić information content (AvgIpc) is 2.46. The third kappa shape index (κ3) is 3.92. The molecule has 0 unspecified atom stereocenters. The van der Waals surface area contributed by atoms with Crippen LogP contribution < -0.4 is 9.83 Å². The zero-order chi connectivity index (χ0) is 18.1. The van der Waals surface area contributed by atoms with Crippen LogP contribution in [0.4, 0.5) is 5.69 Å². The summed E-state index contributed by atoms with van der Waals surface area (Å²) in [5.41, 5.74) is 0.198. The van der Waals surface area contributed by atoms with E-state index >= 15 is 0 Å². The Labute approximate surface area is 139 Å². The Hall–Kier alpha value is -2.39. The highest BCUT2D eigenvalue weighted by Gasteiger charge is 2.20. The number of rotatable bonds is 5. The van der Waals surface area contributed by atoms with Crippen LogP contribution in [0.1, 0.15) is 15.9 Å². The van der Waals surface area contributed by atoms with E-state index in [1.165, 1.54) is 37.3 Å². The Balaban J connectivity index is 2.48. The van der Waals surface area contributed by atoms with Gasteiger partial charge in [-0.05, 0) is 42.3 Å². The fourth-order valence-corrected chi connectivity index (χ4v) is 4.06. The molecule has 24 heavy (non-hydrogen) atoms. The summed E-state index contributed by atoms with van der Waals surface area (Å²) < 4.78 is 50.5. The first-order valence-corrected chi connectivity index (χ1v) is 10.0. The van der Waals surface area contributed by atoms with E-state index in [4.69, 9.17) is 0 Å². The molecule has 7 nitrogen and oxygen atoms in total. The molecule has 0 aliphatic carbocycles. The fraction of sp³-hybridized carbons (Fsp3) is 0.133. The first-order chi connectivity index (χ1) is 11.0. The molecule has 0 aromatic heterocycles. The average molecular weight is 368 g/mol. The van der Waals surface area contributed by atoms with Crippen LogP contribution in [0.15, 0.2) is 52.3 Å². The van der Waals surface area contributed by atoms with Crippen molar-refractivity contribution < 1.29 is 26.7 Å². The largest absolute Gasteiger partial charge is 0.545 e. The molecule has 2 aromatic rings. The molecule has 2 rings (SSSR count). The van der Waals surface area contributed by atoms with Crippen LogP contribution in [0.5, 0.6) is 0 Å². The van der Waals surface area contributed by atoms with Gasteiger partial charge in [0.1, 0.15) is 0 Å². The molecule has 0 saturated heterocycles. The number of sulfonamides is 1. The molecular weight excluding hydrogens is 354 g/mol. The molecule has 9 heteroatoms. The first-order valence-electron chi connectivity index (χ1n) is 6.65. The number of anilines is 1. The Morgan fingerprint density at radius 2 is 1.71 bits per heavy atom. The minimum absolute atomic E-state index is 0.0286. The van der Waals surface area contributed by atoms with Gasteiger partial charge in [-0.2, -0.15) is 0 Å². The first kappa shape index (κ1) is 18.0. The van der Waals surface area contributed by atoms with Crippen LogP contribution >= 0.6 is 0 Å². The molecule has 0 bridgehead atoms. The van der Waals surface area contributed by atoms with Crippen molar-refractivity contribution in [2.75, 3.05) is 11.0 Å². The van der Waals surface area contributed by atoms with E-state index < -0.39 is 25.8 Å². The molecule has 0 amide bonds. The lowest BCUT2D eigenvalue weighted by Gasteiger charge is -2.12. The molecule has 0 heterocycles. The molecule has 0 spiro atoms. The Morgan fingerprint density at radius 3 is 2.29 bits per heavy atom.